The number of rotatable bonds is 4. The summed E-state index contributed by atoms with van der Waals surface area (Å²) in [6.07, 6.45) is 1.92. The van der Waals surface area contributed by atoms with Gasteiger partial charge in [-0.1, -0.05) is 0 Å². The van der Waals surface area contributed by atoms with Gasteiger partial charge >= 0.3 is 0 Å². The van der Waals surface area contributed by atoms with E-state index in [1.165, 1.54) is 13.0 Å². The molecule has 0 saturated carbocycles. The quantitative estimate of drug-likeness (QED) is 0.480. The van der Waals surface area contributed by atoms with Crippen LogP contribution in [-0.2, 0) is 4.74 Å². The summed E-state index contributed by atoms with van der Waals surface area (Å²) >= 11 is 0. The smallest absolute Gasteiger partial charge is 0.293 e. The first kappa shape index (κ1) is 14.5. The van der Waals surface area contributed by atoms with Crippen LogP contribution in [0.15, 0.2) is 18.2 Å². The van der Waals surface area contributed by atoms with E-state index in [0.29, 0.717) is 11.3 Å². The number of nitro benzene ring substituents is 1. The van der Waals surface area contributed by atoms with Crippen molar-refractivity contribution in [3.05, 3.63) is 33.9 Å². The molecule has 0 bridgehead atoms. The van der Waals surface area contributed by atoms with Crippen molar-refractivity contribution in [3.8, 4) is 0 Å². The maximum absolute atomic E-state index is 11.3. The van der Waals surface area contributed by atoms with Crippen molar-refractivity contribution in [1.29, 1.82) is 0 Å². The summed E-state index contributed by atoms with van der Waals surface area (Å²) in [6, 6.07) is 4.68. The molecule has 0 aromatic heterocycles. The summed E-state index contributed by atoms with van der Waals surface area (Å²) < 4.78 is 5.30. The monoisotopic (exact) mass is 278 g/mol. The lowest BCUT2D eigenvalue weighted by Gasteiger charge is -2.32. The van der Waals surface area contributed by atoms with E-state index < -0.39 is 4.92 Å². The fourth-order valence-corrected chi connectivity index (χ4v) is 2.49. The molecule has 0 amide bonds. The average Bonchev–Trinajstić information content (AvgIpc) is 2.46. The molecular formula is C14H18N2O4. The van der Waals surface area contributed by atoms with E-state index in [-0.39, 0.29) is 17.6 Å². The van der Waals surface area contributed by atoms with Crippen LogP contribution in [0.25, 0.3) is 0 Å². The third-order valence-electron chi connectivity index (χ3n) is 3.69. The van der Waals surface area contributed by atoms with Gasteiger partial charge in [0, 0.05) is 31.8 Å². The molecule has 108 valence electrons. The van der Waals surface area contributed by atoms with E-state index >= 15 is 0 Å². The highest BCUT2D eigenvalue weighted by atomic mass is 16.6. The zero-order valence-electron chi connectivity index (χ0n) is 11.7. The molecule has 0 aliphatic carbocycles. The lowest BCUT2D eigenvalue weighted by atomic mass is 10.0. The van der Waals surface area contributed by atoms with Crippen molar-refractivity contribution in [2.24, 2.45) is 0 Å². The van der Waals surface area contributed by atoms with Gasteiger partial charge in [-0.3, -0.25) is 14.9 Å². The highest BCUT2D eigenvalue weighted by Gasteiger charge is 2.25. The number of Topliss-reactive ketones (excluding diaryl/α,β-unsaturated/α-hetero) is 1. The Morgan fingerprint density at radius 2 is 2.05 bits per heavy atom. The number of ether oxygens (including phenoxy) is 1. The van der Waals surface area contributed by atoms with E-state index in [4.69, 9.17) is 4.74 Å². The first-order chi connectivity index (χ1) is 9.52. The largest absolute Gasteiger partial charge is 0.381 e. The van der Waals surface area contributed by atoms with Crippen molar-refractivity contribution in [2.45, 2.75) is 25.9 Å². The van der Waals surface area contributed by atoms with E-state index in [2.05, 4.69) is 0 Å². The molecule has 0 unspecified atom stereocenters. The standard InChI is InChI=1S/C14H18N2O4/c1-10(17)11-3-4-13(14(9-11)16(18)19)15-7-5-12(20-2)6-8-15/h3-4,9,12H,5-8H2,1-2H3. The summed E-state index contributed by atoms with van der Waals surface area (Å²) in [6.45, 7) is 2.85. The number of benzene rings is 1. The molecule has 1 saturated heterocycles. The summed E-state index contributed by atoms with van der Waals surface area (Å²) in [7, 11) is 1.68. The molecule has 2 rings (SSSR count). The number of piperidine rings is 1. The summed E-state index contributed by atoms with van der Waals surface area (Å²) in [5.74, 6) is -0.169. The maximum Gasteiger partial charge on any atom is 0.293 e. The van der Waals surface area contributed by atoms with Gasteiger partial charge in [-0.25, -0.2) is 0 Å². The van der Waals surface area contributed by atoms with E-state index in [1.807, 2.05) is 4.90 Å². The predicted molar refractivity (Wildman–Crippen MR) is 75.3 cm³/mol. The Bertz CT molecular complexity index is 522. The zero-order valence-corrected chi connectivity index (χ0v) is 11.7. The van der Waals surface area contributed by atoms with Crippen LogP contribution in [0, 0.1) is 10.1 Å². The predicted octanol–water partition coefficient (Wildman–Crippen LogP) is 2.41. The number of carbonyl (C=O) groups is 1. The number of carbonyl (C=O) groups excluding carboxylic acids is 1. The highest BCUT2D eigenvalue weighted by molar-refractivity contribution is 5.95. The van der Waals surface area contributed by atoms with Gasteiger partial charge in [0.25, 0.3) is 5.69 Å². The summed E-state index contributed by atoms with van der Waals surface area (Å²) in [5, 5.41) is 11.2. The molecule has 20 heavy (non-hydrogen) atoms. The van der Waals surface area contributed by atoms with Crippen LogP contribution in [0.1, 0.15) is 30.1 Å². The maximum atomic E-state index is 11.3. The Kier molecular flexibility index (Phi) is 4.34. The number of nitrogens with zero attached hydrogens (tertiary/aromatic N) is 2. The number of nitro groups is 1. The summed E-state index contributed by atoms with van der Waals surface area (Å²) in [4.78, 5) is 24.1. The first-order valence-corrected chi connectivity index (χ1v) is 6.60. The number of ketones is 1. The Morgan fingerprint density at radius 1 is 1.40 bits per heavy atom. The zero-order chi connectivity index (χ0) is 14.7. The first-order valence-electron chi connectivity index (χ1n) is 6.60. The molecule has 1 aliphatic rings. The lowest BCUT2D eigenvalue weighted by Crippen LogP contribution is -2.36. The van der Waals surface area contributed by atoms with Crippen LogP contribution in [-0.4, -0.2) is 37.0 Å². The molecule has 0 radical (unpaired) electrons. The SMILES string of the molecule is COC1CCN(c2ccc(C(C)=O)cc2[N+](=O)[O-])CC1. The second-order valence-corrected chi connectivity index (χ2v) is 4.94. The lowest BCUT2D eigenvalue weighted by molar-refractivity contribution is -0.384. The second-order valence-electron chi connectivity index (χ2n) is 4.94. The number of methoxy groups -OCH3 is 1. The highest BCUT2D eigenvalue weighted by Crippen LogP contribution is 2.31. The van der Waals surface area contributed by atoms with E-state index in [9.17, 15) is 14.9 Å². The normalized spacial score (nSPS) is 16.2. The minimum atomic E-state index is -0.426. The fraction of sp³-hybridized carbons (Fsp3) is 0.500. The topological polar surface area (TPSA) is 72.7 Å². The molecule has 0 atom stereocenters. The Labute approximate surface area is 117 Å². The fourth-order valence-electron chi connectivity index (χ4n) is 2.49. The van der Waals surface area contributed by atoms with Gasteiger partial charge in [0.05, 0.1) is 11.0 Å². The Hall–Kier alpha value is -1.95. The Balaban J connectivity index is 2.27. The average molecular weight is 278 g/mol. The van der Waals surface area contributed by atoms with Crippen LogP contribution in [0.4, 0.5) is 11.4 Å². The summed E-state index contributed by atoms with van der Waals surface area (Å²) in [5.41, 5.74) is 0.940. The number of anilines is 1. The Morgan fingerprint density at radius 3 is 2.55 bits per heavy atom. The molecular weight excluding hydrogens is 260 g/mol. The second kappa shape index (κ2) is 6.00. The molecule has 1 aliphatic heterocycles. The number of hydrogen-bond acceptors (Lipinski definition) is 5. The van der Waals surface area contributed by atoms with Gasteiger partial charge in [0.1, 0.15) is 5.69 Å². The molecule has 6 heteroatoms. The molecule has 6 nitrogen and oxygen atoms in total. The van der Waals surface area contributed by atoms with Crippen molar-refractivity contribution >= 4 is 17.2 Å². The van der Waals surface area contributed by atoms with E-state index in [0.717, 1.165) is 25.9 Å². The molecule has 1 aromatic carbocycles. The van der Waals surface area contributed by atoms with Gasteiger partial charge in [0.15, 0.2) is 5.78 Å². The van der Waals surface area contributed by atoms with Crippen molar-refractivity contribution in [2.75, 3.05) is 25.1 Å². The van der Waals surface area contributed by atoms with Gasteiger partial charge in [-0.2, -0.15) is 0 Å². The van der Waals surface area contributed by atoms with Gasteiger partial charge in [0.2, 0.25) is 0 Å². The van der Waals surface area contributed by atoms with Crippen molar-refractivity contribution in [3.63, 3.8) is 0 Å². The van der Waals surface area contributed by atoms with Crippen LogP contribution in [0.5, 0.6) is 0 Å². The van der Waals surface area contributed by atoms with Gasteiger partial charge in [-0.05, 0) is 31.9 Å². The number of hydrogen-bond donors (Lipinski definition) is 0. The van der Waals surface area contributed by atoms with Crippen LogP contribution < -0.4 is 4.90 Å². The molecule has 0 N–H and O–H groups in total. The van der Waals surface area contributed by atoms with Crippen LogP contribution in [0.3, 0.4) is 0 Å². The van der Waals surface area contributed by atoms with Gasteiger partial charge in [-0.15, -0.1) is 0 Å². The third kappa shape index (κ3) is 2.96. The minimum Gasteiger partial charge on any atom is -0.381 e. The van der Waals surface area contributed by atoms with Crippen LogP contribution >= 0.6 is 0 Å². The third-order valence-corrected chi connectivity index (χ3v) is 3.69. The van der Waals surface area contributed by atoms with E-state index in [1.54, 1.807) is 19.2 Å². The van der Waals surface area contributed by atoms with Crippen LogP contribution in [0.2, 0.25) is 0 Å². The molecule has 1 fully saturated rings. The van der Waals surface area contributed by atoms with Gasteiger partial charge < -0.3 is 9.64 Å². The van der Waals surface area contributed by atoms with Crippen molar-refractivity contribution in [1.82, 2.24) is 0 Å². The van der Waals surface area contributed by atoms with Crippen molar-refractivity contribution < 1.29 is 14.5 Å². The minimum absolute atomic E-state index is 0.00596. The molecule has 1 heterocycles. The molecule has 0 spiro atoms. The molecule has 1 aromatic rings.